The summed E-state index contributed by atoms with van der Waals surface area (Å²) in [5.74, 6) is -1.51. The zero-order chi connectivity index (χ0) is 24.4. The number of ketones is 1. The molecule has 4 rings (SSSR count). The maximum absolute atomic E-state index is 13.4. The molecular formula is C27H29FN2O4. The molecule has 0 saturated carbocycles. The molecule has 1 N–H and O–H groups in total. The minimum atomic E-state index is -0.905. The SMILES string of the molecule is Cc1[nH]c2ccc(C(=O)C(=O)OC(C)C)cc2c1C(=O)N1CCC(Cc2ccc(F)cc2)CC1. The Labute approximate surface area is 198 Å². The van der Waals surface area contributed by atoms with Gasteiger partial charge in [0.2, 0.25) is 0 Å². The lowest BCUT2D eigenvalue weighted by Crippen LogP contribution is -2.39. The van der Waals surface area contributed by atoms with Crippen molar-refractivity contribution in [2.45, 2.75) is 46.1 Å². The topological polar surface area (TPSA) is 79.5 Å². The number of amides is 1. The normalized spacial score (nSPS) is 14.6. The van der Waals surface area contributed by atoms with Crippen LogP contribution in [-0.2, 0) is 16.0 Å². The molecule has 1 aromatic heterocycles. The minimum Gasteiger partial charge on any atom is -0.457 e. The number of carbonyl (C=O) groups is 3. The number of piperidine rings is 1. The second kappa shape index (κ2) is 9.79. The number of nitrogens with one attached hydrogen (secondary N) is 1. The van der Waals surface area contributed by atoms with Gasteiger partial charge in [-0.25, -0.2) is 9.18 Å². The molecular weight excluding hydrogens is 435 g/mol. The van der Waals surface area contributed by atoms with E-state index in [1.165, 1.54) is 12.1 Å². The van der Waals surface area contributed by atoms with Crippen molar-refractivity contribution in [2.75, 3.05) is 13.1 Å². The van der Waals surface area contributed by atoms with E-state index in [2.05, 4.69) is 4.98 Å². The first kappa shape index (κ1) is 23.7. The number of hydrogen-bond acceptors (Lipinski definition) is 4. The van der Waals surface area contributed by atoms with Crippen LogP contribution in [0.15, 0.2) is 42.5 Å². The Hall–Kier alpha value is -3.48. The highest BCUT2D eigenvalue weighted by Crippen LogP contribution is 2.28. The van der Waals surface area contributed by atoms with E-state index in [-0.39, 0.29) is 17.3 Å². The zero-order valence-corrected chi connectivity index (χ0v) is 19.7. The van der Waals surface area contributed by atoms with Crippen LogP contribution < -0.4 is 0 Å². The molecule has 1 fully saturated rings. The summed E-state index contributed by atoms with van der Waals surface area (Å²) in [5.41, 5.74) is 3.29. The second-order valence-corrected chi connectivity index (χ2v) is 9.23. The van der Waals surface area contributed by atoms with Crippen molar-refractivity contribution in [3.05, 3.63) is 70.7 Å². The van der Waals surface area contributed by atoms with Gasteiger partial charge in [-0.05, 0) is 81.8 Å². The van der Waals surface area contributed by atoms with Crippen LogP contribution in [0.1, 0.15) is 58.7 Å². The molecule has 6 nitrogen and oxygen atoms in total. The Kier molecular flexibility index (Phi) is 6.82. The van der Waals surface area contributed by atoms with E-state index in [9.17, 15) is 18.8 Å². The molecule has 7 heteroatoms. The molecule has 1 saturated heterocycles. The molecule has 178 valence electrons. The molecule has 0 aliphatic carbocycles. The van der Waals surface area contributed by atoms with Gasteiger partial charge >= 0.3 is 5.97 Å². The molecule has 1 aliphatic heterocycles. The van der Waals surface area contributed by atoms with Crippen molar-refractivity contribution in [3.63, 3.8) is 0 Å². The lowest BCUT2D eigenvalue weighted by Gasteiger charge is -2.32. The minimum absolute atomic E-state index is 0.0849. The van der Waals surface area contributed by atoms with Crippen molar-refractivity contribution in [2.24, 2.45) is 5.92 Å². The van der Waals surface area contributed by atoms with Gasteiger partial charge in [0, 0.05) is 35.2 Å². The summed E-state index contributed by atoms with van der Waals surface area (Å²) in [4.78, 5) is 43.1. The molecule has 34 heavy (non-hydrogen) atoms. The molecule has 0 bridgehead atoms. The van der Waals surface area contributed by atoms with E-state index in [1.54, 1.807) is 32.0 Å². The molecule has 0 atom stereocenters. The standard InChI is InChI=1S/C27H29FN2O4/c1-16(2)34-27(33)25(31)20-6-9-23-22(15-20)24(17(3)29-23)26(32)30-12-10-19(11-13-30)14-18-4-7-21(28)8-5-18/h4-9,15-16,19,29H,10-14H2,1-3H3. The lowest BCUT2D eigenvalue weighted by molar-refractivity contribution is -0.141. The number of carbonyl (C=O) groups excluding carboxylic acids is 3. The highest BCUT2D eigenvalue weighted by atomic mass is 19.1. The highest BCUT2D eigenvalue weighted by molar-refractivity contribution is 6.41. The Morgan fingerprint density at radius 2 is 1.76 bits per heavy atom. The van der Waals surface area contributed by atoms with Gasteiger partial charge in [-0.15, -0.1) is 0 Å². The molecule has 0 unspecified atom stereocenters. The van der Waals surface area contributed by atoms with Crippen molar-refractivity contribution >= 4 is 28.6 Å². The number of fused-ring (bicyclic) bond motifs is 1. The van der Waals surface area contributed by atoms with Gasteiger partial charge in [-0.3, -0.25) is 9.59 Å². The van der Waals surface area contributed by atoms with Crippen LogP contribution in [0.4, 0.5) is 4.39 Å². The third-order valence-corrected chi connectivity index (χ3v) is 6.33. The van der Waals surface area contributed by atoms with Gasteiger partial charge in [0.25, 0.3) is 11.7 Å². The number of likely N-dealkylation sites (tertiary alicyclic amines) is 1. The zero-order valence-electron chi connectivity index (χ0n) is 19.7. The molecule has 3 aromatic rings. The number of ether oxygens (including phenoxy) is 1. The van der Waals surface area contributed by atoms with Gasteiger partial charge in [-0.2, -0.15) is 0 Å². The first-order valence-electron chi connectivity index (χ1n) is 11.6. The first-order chi connectivity index (χ1) is 16.2. The average molecular weight is 465 g/mol. The lowest BCUT2D eigenvalue weighted by atomic mass is 9.90. The summed E-state index contributed by atoms with van der Waals surface area (Å²) in [7, 11) is 0. The fourth-order valence-electron chi connectivity index (χ4n) is 4.58. The van der Waals surface area contributed by atoms with E-state index in [1.807, 2.05) is 24.0 Å². The largest absolute Gasteiger partial charge is 0.457 e. The number of Topliss-reactive ketones (excluding diaryl/α,β-unsaturated/α-hetero) is 1. The number of benzene rings is 2. The van der Waals surface area contributed by atoms with Gasteiger partial charge in [0.1, 0.15) is 5.82 Å². The Morgan fingerprint density at radius 1 is 1.09 bits per heavy atom. The van der Waals surface area contributed by atoms with E-state index in [0.29, 0.717) is 30.0 Å². The van der Waals surface area contributed by atoms with Crippen molar-refractivity contribution < 1.29 is 23.5 Å². The Balaban J connectivity index is 1.49. The summed E-state index contributed by atoms with van der Waals surface area (Å²) < 4.78 is 18.2. The summed E-state index contributed by atoms with van der Waals surface area (Å²) >= 11 is 0. The summed E-state index contributed by atoms with van der Waals surface area (Å²) in [6, 6.07) is 11.5. The van der Waals surface area contributed by atoms with Gasteiger partial charge in [-0.1, -0.05) is 12.1 Å². The summed E-state index contributed by atoms with van der Waals surface area (Å²) in [6.45, 7) is 6.47. The van der Waals surface area contributed by atoms with Crippen LogP contribution in [0.5, 0.6) is 0 Å². The van der Waals surface area contributed by atoms with Crippen LogP contribution in [0, 0.1) is 18.7 Å². The maximum atomic E-state index is 13.4. The molecule has 0 spiro atoms. The van der Waals surface area contributed by atoms with Gasteiger partial charge < -0.3 is 14.6 Å². The number of hydrogen-bond donors (Lipinski definition) is 1. The fraction of sp³-hybridized carbons (Fsp3) is 0.370. The van der Waals surface area contributed by atoms with E-state index < -0.39 is 17.9 Å². The monoisotopic (exact) mass is 464 g/mol. The van der Waals surface area contributed by atoms with Gasteiger partial charge in [0.15, 0.2) is 0 Å². The van der Waals surface area contributed by atoms with Crippen LogP contribution in [-0.4, -0.2) is 46.7 Å². The number of aromatic nitrogens is 1. The average Bonchev–Trinajstić information content (AvgIpc) is 3.14. The molecule has 1 amide bonds. The molecule has 1 aliphatic rings. The number of nitrogens with zero attached hydrogens (tertiary/aromatic N) is 1. The predicted molar refractivity (Wildman–Crippen MR) is 127 cm³/mol. The fourth-order valence-corrected chi connectivity index (χ4v) is 4.58. The molecule has 2 heterocycles. The highest BCUT2D eigenvalue weighted by Gasteiger charge is 2.28. The second-order valence-electron chi connectivity index (χ2n) is 9.23. The Bertz CT molecular complexity index is 1220. The summed E-state index contributed by atoms with van der Waals surface area (Å²) in [5, 5.41) is 0.624. The molecule has 2 aromatic carbocycles. The third kappa shape index (κ3) is 5.03. The van der Waals surface area contributed by atoms with E-state index in [4.69, 9.17) is 4.74 Å². The van der Waals surface area contributed by atoms with E-state index in [0.717, 1.165) is 36.0 Å². The number of esters is 1. The van der Waals surface area contributed by atoms with Crippen LogP contribution >= 0.6 is 0 Å². The molecule has 0 radical (unpaired) electrons. The van der Waals surface area contributed by atoms with Crippen molar-refractivity contribution in [3.8, 4) is 0 Å². The first-order valence-corrected chi connectivity index (χ1v) is 11.6. The van der Waals surface area contributed by atoms with Gasteiger partial charge in [0.05, 0.1) is 11.7 Å². The number of rotatable bonds is 6. The van der Waals surface area contributed by atoms with E-state index >= 15 is 0 Å². The van der Waals surface area contributed by atoms with Crippen LogP contribution in [0.3, 0.4) is 0 Å². The Morgan fingerprint density at radius 3 is 2.41 bits per heavy atom. The van der Waals surface area contributed by atoms with Crippen molar-refractivity contribution in [1.29, 1.82) is 0 Å². The number of halogens is 1. The predicted octanol–water partition coefficient (Wildman–Crippen LogP) is 4.84. The van der Waals surface area contributed by atoms with Crippen molar-refractivity contribution in [1.82, 2.24) is 9.88 Å². The van der Waals surface area contributed by atoms with Crippen LogP contribution in [0.2, 0.25) is 0 Å². The quantitative estimate of drug-likeness (QED) is 0.322. The number of aromatic amines is 1. The smallest absolute Gasteiger partial charge is 0.379 e. The maximum Gasteiger partial charge on any atom is 0.379 e. The van der Waals surface area contributed by atoms with Crippen LogP contribution in [0.25, 0.3) is 10.9 Å². The number of H-pyrrole nitrogens is 1. The third-order valence-electron chi connectivity index (χ3n) is 6.33. The number of aryl methyl sites for hydroxylation is 1. The summed E-state index contributed by atoms with van der Waals surface area (Å²) in [6.07, 6.45) is 2.22.